The fraction of sp³-hybridized carbons (Fsp3) is 0.857. The highest BCUT2D eigenvalue weighted by atomic mass is 16.3. The van der Waals surface area contributed by atoms with Crippen LogP contribution in [-0.2, 0) is 4.79 Å². The third kappa shape index (κ3) is 2.77. The number of rotatable bonds is 2. The third-order valence-corrected chi connectivity index (χ3v) is 1.86. The molecule has 5 nitrogen and oxygen atoms in total. The van der Waals surface area contributed by atoms with Gasteiger partial charge in [0.2, 0.25) is 5.91 Å². The summed E-state index contributed by atoms with van der Waals surface area (Å²) in [6.45, 7) is 0.939. The fourth-order valence-electron chi connectivity index (χ4n) is 1.48. The Bertz CT molecular complexity index is 164. The molecule has 2 atom stereocenters. The van der Waals surface area contributed by atoms with Crippen LogP contribution in [0.25, 0.3) is 0 Å². The van der Waals surface area contributed by atoms with Crippen molar-refractivity contribution in [3.05, 3.63) is 0 Å². The molecule has 0 aromatic heterocycles. The first-order valence-corrected chi connectivity index (χ1v) is 3.94. The molecule has 1 fully saturated rings. The number of hydrogen-bond acceptors (Lipinski definition) is 4. The van der Waals surface area contributed by atoms with Gasteiger partial charge in [-0.3, -0.25) is 9.69 Å². The molecule has 1 aliphatic heterocycles. The zero-order valence-electron chi connectivity index (χ0n) is 6.81. The first-order chi connectivity index (χ1) is 5.58. The number of carbonyl (C=O) groups is 1. The number of carbonyl (C=O) groups excluding carboxylic acids is 1. The van der Waals surface area contributed by atoms with Gasteiger partial charge in [-0.05, 0) is 0 Å². The van der Waals surface area contributed by atoms with Crippen LogP contribution >= 0.6 is 0 Å². The first-order valence-electron chi connectivity index (χ1n) is 3.94. The smallest absolute Gasteiger partial charge is 0.231 e. The van der Waals surface area contributed by atoms with Crippen LogP contribution in [0.4, 0.5) is 0 Å². The number of piperidine rings is 1. The van der Waals surface area contributed by atoms with E-state index in [-0.39, 0.29) is 6.54 Å². The molecular formula is C7H14N2O3. The molecule has 0 bridgehead atoms. The minimum absolute atomic E-state index is 0.105. The second kappa shape index (κ2) is 3.84. The summed E-state index contributed by atoms with van der Waals surface area (Å²) in [6, 6.07) is 0. The summed E-state index contributed by atoms with van der Waals surface area (Å²) < 4.78 is 0. The maximum absolute atomic E-state index is 10.5. The van der Waals surface area contributed by atoms with Crippen LogP contribution in [0.2, 0.25) is 0 Å². The van der Waals surface area contributed by atoms with Gasteiger partial charge in [0, 0.05) is 19.5 Å². The predicted octanol–water partition coefficient (Wildman–Crippen LogP) is -2.10. The van der Waals surface area contributed by atoms with Crippen LogP contribution in [0.3, 0.4) is 0 Å². The minimum Gasteiger partial charge on any atom is -0.392 e. The Balaban J connectivity index is 2.38. The van der Waals surface area contributed by atoms with Gasteiger partial charge in [0.15, 0.2) is 0 Å². The number of amides is 1. The maximum atomic E-state index is 10.5. The van der Waals surface area contributed by atoms with Crippen molar-refractivity contribution in [2.24, 2.45) is 5.73 Å². The Kier molecular flexibility index (Phi) is 3.02. The zero-order valence-corrected chi connectivity index (χ0v) is 6.81. The lowest BCUT2D eigenvalue weighted by atomic mass is 10.1. The predicted molar refractivity (Wildman–Crippen MR) is 42.3 cm³/mol. The average molecular weight is 174 g/mol. The van der Waals surface area contributed by atoms with Gasteiger partial charge in [0.05, 0.1) is 18.8 Å². The molecule has 0 aromatic rings. The molecule has 0 spiro atoms. The van der Waals surface area contributed by atoms with E-state index in [9.17, 15) is 15.0 Å². The van der Waals surface area contributed by atoms with Gasteiger partial charge in [-0.2, -0.15) is 0 Å². The van der Waals surface area contributed by atoms with Crippen molar-refractivity contribution in [2.45, 2.75) is 18.6 Å². The Morgan fingerprint density at radius 3 is 2.33 bits per heavy atom. The molecule has 5 heteroatoms. The molecule has 0 radical (unpaired) electrons. The normalized spacial score (nSPS) is 31.8. The lowest BCUT2D eigenvalue weighted by Crippen LogP contribution is -2.48. The summed E-state index contributed by atoms with van der Waals surface area (Å²) >= 11 is 0. The van der Waals surface area contributed by atoms with Gasteiger partial charge in [0.1, 0.15) is 0 Å². The topological polar surface area (TPSA) is 86.8 Å². The summed E-state index contributed by atoms with van der Waals surface area (Å²) in [6.07, 6.45) is -0.712. The fourth-order valence-corrected chi connectivity index (χ4v) is 1.48. The quantitative estimate of drug-likeness (QED) is 0.447. The molecule has 1 rings (SSSR count). The Labute approximate surface area is 70.8 Å². The van der Waals surface area contributed by atoms with Crippen LogP contribution in [0.5, 0.6) is 0 Å². The van der Waals surface area contributed by atoms with E-state index in [1.54, 1.807) is 4.90 Å². The lowest BCUT2D eigenvalue weighted by molar-refractivity contribution is -0.120. The SMILES string of the molecule is NC(=O)CN1C[C@H](O)C[C@H](O)C1. The van der Waals surface area contributed by atoms with E-state index in [0.717, 1.165) is 0 Å². The van der Waals surface area contributed by atoms with Crippen LogP contribution in [0.15, 0.2) is 0 Å². The number of aliphatic hydroxyl groups is 2. The third-order valence-electron chi connectivity index (χ3n) is 1.86. The van der Waals surface area contributed by atoms with Crippen molar-refractivity contribution in [1.82, 2.24) is 4.90 Å². The van der Waals surface area contributed by atoms with Crippen molar-refractivity contribution in [3.63, 3.8) is 0 Å². The molecular weight excluding hydrogens is 160 g/mol. The van der Waals surface area contributed by atoms with E-state index >= 15 is 0 Å². The number of nitrogens with two attached hydrogens (primary N) is 1. The highest BCUT2D eigenvalue weighted by Crippen LogP contribution is 2.09. The summed E-state index contributed by atoms with van der Waals surface area (Å²) in [5.41, 5.74) is 4.97. The number of β-amino-alcohol motifs (C(OH)–C–C–N with tert-alkyl or cyclic N) is 2. The van der Waals surface area contributed by atoms with E-state index in [1.807, 2.05) is 0 Å². The van der Waals surface area contributed by atoms with Crippen molar-refractivity contribution in [3.8, 4) is 0 Å². The van der Waals surface area contributed by atoms with Crippen LogP contribution in [0, 0.1) is 0 Å². The number of nitrogens with zero attached hydrogens (tertiary/aromatic N) is 1. The summed E-state index contributed by atoms with van der Waals surface area (Å²) in [4.78, 5) is 12.2. The Morgan fingerprint density at radius 1 is 1.42 bits per heavy atom. The maximum Gasteiger partial charge on any atom is 0.231 e. The summed E-state index contributed by atoms with van der Waals surface area (Å²) in [5.74, 6) is -0.434. The molecule has 12 heavy (non-hydrogen) atoms. The summed E-state index contributed by atoms with van der Waals surface area (Å²) in [7, 11) is 0. The molecule has 1 amide bonds. The van der Waals surface area contributed by atoms with Gasteiger partial charge in [-0.1, -0.05) is 0 Å². The van der Waals surface area contributed by atoms with E-state index < -0.39 is 18.1 Å². The van der Waals surface area contributed by atoms with Crippen molar-refractivity contribution >= 4 is 5.91 Å². The van der Waals surface area contributed by atoms with Gasteiger partial charge < -0.3 is 15.9 Å². The Hall–Kier alpha value is -0.650. The highest BCUT2D eigenvalue weighted by molar-refractivity contribution is 5.75. The molecule has 1 saturated heterocycles. The molecule has 4 N–H and O–H groups in total. The zero-order chi connectivity index (χ0) is 9.14. The number of aliphatic hydroxyl groups excluding tert-OH is 2. The molecule has 1 aliphatic rings. The largest absolute Gasteiger partial charge is 0.392 e. The van der Waals surface area contributed by atoms with E-state index in [0.29, 0.717) is 19.5 Å². The average Bonchev–Trinajstić information content (AvgIpc) is 1.81. The highest BCUT2D eigenvalue weighted by Gasteiger charge is 2.24. The van der Waals surface area contributed by atoms with Crippen LogP contribution < -0.4 is 5.73 Å². The van der Waals surface area contributed by atoms with Gasteiger partial charge >= 0.3 is 0 Å². The number of likely N-dealkylation sites (tertiary alicyclic amines) is 1. The van der Waals surface area contributed by atoms with Crippen molar-refractivity contribution < 1.29 is 15.0 Å². The molecule has 0 aliphatic carbocycles. The number of hydrogen-bond donors (Lipinski definition) is 3. The van der Waals surface area contributed by atoms with Crippen molar-refractivity contribution in [2.75, 3.05) is 19.6 Å². The van der Waals surface area contributed by atoms with Crippen LogP contribution in [-0.4, -0.2) is 52.9 Å². The second-order valence-corrected chi connectivity index (χ2v) is 3.20. The van der Waals surface area contributed by atoms with Crippen molar-refractivity contribution in [1.29, 1.82) is 0 Å². The van der Waals surface area contributed by atoms with Gasteiger partial charge in [-0.25, -0.2) is 0 Å². The standard InChI is InChI=1S/C7H14N2O3/c8-7(12)4-9-2-5(10)1-6(11)3-9/h5-6,10-11H,1-4H2,(H2,8,12)/t5-,6+. The van der Waals surface area contributed by atoms with Gasteiger partial charge in [0.25, 0.3) is 0 Å². The van der Waals surface area contributed by atoms with E-state index in [2.05, 4.69) is 0 Å². The molecule has 70 valence electrons. The van der Waals surface area contributed by atoms with E-state index in [1.165, 1.54) is 0 Å². The molecule has 0 unspecified atom stereocenters. The monoisotopic (exact) mass is 174 g/mol. The molecule has 0 aromatic carbocycles. The Morgan fingerprint density at radius 2 is 1.92 bits per heavy atom. The lowest BCUT2D eigenvalue weighted by Gasteiger charge is -2.32. The first kappa shape index (κ1) is 9.44. The van der Waals surface area contributed by atoms with E-state index in [4.69, 9.17) is 5.73 Å². The minimum atomic E-state index is -0.548. The molecule has 1 heterocycles. The summed E-state index contributed by atoms with van der Waals surface area (Å²) in [5, 5.41) is 18.4. The second-order valence-electron chi connectivity index (χ2n) is 3.20. The van der Waals surface area contributed by atoms with Gasteiger partial charge in [-0.15, -0.1) is 0 Å². The molecule has 0 saturated carbocycles. The number of primary amides is 1. The van der Waals surface area contributed by atoms with Crippen LogP contribution in [0.1, 0.15) is 6.42 Å².